The Morgan fingerprint density at radius 3 is 2.10 bits per heavy atom. The summed E-state index contributed by atoms with van der Waals surface area (Å²) < 4.78 is 21.5. The molecule has 2 amide bonds. The second-order valence-corrected chi connectivity index (χ2v) is 6.29. The molecular formula is C22H28N2O6. The van der Waals surface area contributed by atoms with Crippen LogP contribution in [0.5, 0.6) is 23.0 Å². The monoisotopic (exact) mass is 416 g/mol. The van der Waals surface area contributed by atoms with Crippen LogP contribution in [0.3, 0.4) is 0 Å². The molecule has 0 saturated heterocycles. The van der Waals surface area contributed by atoms with Gasteiger partial charge in [-0.15, -0.1) is 0 Å². The van der Waals surface area contributed by atoms with Crippen molar-refractivity contribution in [2.24, 2.45) is 0 Å². The molecule has 162 valence electrons. The zero-order valence-corrected chi connectivity index (χ0v) is 17.9. The van der Waals surface area contributed by atoms with Crippen LogP contribution in [0.1, 0.15) is 32.4 Å². The predicted molar refractivity (Wildman–Crippen MR) is 114 cm³/mol. The summed E-state index contributed by atoms with van der Waals surface area (Å²) in [5.41, 5.74) is 1.20. The molecule has 0 radical (unpaired) electrons. The number of rotatable bonds is 9. The van der Waals surface area contributed by atoms with Crippen molar-refractivity contribution < 1.29 is 28.5 Å². The van der Waals surface area contributed by atoms with E-state index in [9.17, 15) is 9.59 Å². The molecule has 0 heterocycles. The highest BCUT2D eigenvalue weighted by atomic mass is 16.5. The first-order valence-corrected chi connectivity index (χ1v) is 9.66. The quantitative estimate of drug-likeness (QED) is 0.609. The Hall–Kier alpha value is -3.42. The van der Waals surface area contributed by atoms with E-state index in [4.69, 9.17) is 18.9 Å². The average Bonchev–Trinajstić information content (AvgIpc) is 2.75. The third-order valence-corrected chi connectivity index (χ3v) is 4.26. The lowest BCUT2D eigenvalue weighted by Gasteiger charge is -2.17. The summed E-state index contributed by atoms with van der Waals surface area (Å²) in [6.45, 7) is 6.43. The Kier molecular flexibility index (Phi) is 8.34. The number of carbonyl (C=O) groups is 2. The average molecular weight is 416 g/mol. The van der Waals surface area contributed by atoms with Crippen LogP contribution in [0.15, 0.2) is 36.4 Å². The molecule has 2 rings (SSSR count). The molecule has 2 aromatic carbocycles. The minimum atomic E-state index is -0.783. The standard InChI is InChI=1S/C22H28N2O6/c1-6-29-18-11-9-16(13-20(18)30-7-2)24-22(26)21(25)23-14(3)15-8-10-17(27-4)19(12-15)28-5/h8-14H,6-7H2,1-5H3,(H,23,25)(H,24,26). The van der Waals surface area contributed by atoms with Crippen LogP contribution >= 0.6 is 0 Å². The van der Waals surface area contributed by atoms with Gasteiger partial charge < -0.3 is 29.6 Å². The van der Waals surface area contributed by atoms with E-state index in [0.29, 0.717) is 41.9 Å². The van der Waals surface area contributed by atoms with E-state index in [0.717, 1.165) is 5.56 Å². The molecule has 0 bridgehead atoms. The summed E-state index contributed by atoms with van der Waals surface area (Å²) in [5.74, 6) is 0.648. The fourth-order valence-electron chi connectivity index (χ4n) is 2.78. The molecule has 0 fully saturated rings. The van der Waals surface area contributed by atoms with Crippen molar-refractivity contribution >= 4 is 17.5 Å². The van der Waals surface area contributed by atoms with Crippen LogP contribution < -0.4 is 29.6 Å². The van der Waals surface area contributed by atoms with Crippen molar-refractivity contribution in [1.82, 2.24) is 5.32 Å². The van der Waals surface area contributed by atoms with Gasteiger partial charge in [0.2, 0.25) is 0 Å². The highest BCUT2D eigenvalue weighted by molar-refractivity contribution is 6.39. The number of hydrogen-bond acceptors (Lipinski definition) is 6. The smallest absolute Gasteiger partial charge is 0.313 e. The van der Waals surface area contributed by atoms with Crippen LogP contribution in [0.25, 0.3) is 0 Å². The van der Waals surface area contributed by atoms with E-state index < -0.39 is 17.9 Å². The number of benzene rings is 2. The first-order chi connectivity index (χ1) is 14.4. The SMILES string of the molecule is CCOc1ccc(NC(=O)C(=O)NC(C)c2ccc(OC)c(OC)c2)cc1OCC. The van der Waals surface area contributed by atoms with Gasteiger partial charge in [0.25, 0.3) is 0 Å². The van der Waals surface area contributed by atoms with Crippen LogP contribution in [-0.4, -0.2) is 39.2 Å². The summed E-state index contributed by atoms with van der Waals surface area (Å²) in [7, 11) is 3.08. The van der Waals surface area contributed by atoms with E-state index in [1.54, 1.807) is 50.4 Å². The highest BCUT2D eigenvalue weighted by Gasteiger charge is 2.19. The molecule has 2 aromatic rings. The molecule has 8 nitrogen and oxygen atoms in total. The van der Waals surface area contributed by atoms with Crippen molar-refractivity contribution in [3.8, 4) is 23.0 Å². The predicted octanol–water partition coefficient (Wildman–Crippen LogP) is 3.32. The number of nitrogens with one attached hydrogen (secondary N) is 2. The van der Waals surface area contributed by atoms with Gasteiger partial charge in [-0.05, 0) is 50.6 Å². The van der Waals surface area contributed by atoms with E-state index in [2.05, 4.69) is 10.6 Å². The van der Waals surface area contributed by atoms with Crippen LogP contribution in [0, 0.1) is 0 Å². The fourth-order valence-corrected chi connectivity index (χ4v) is 2.78. The van der Waals surface area contributed by atoms with E-state index in [1.807, 2.05) is 13.8 Å². The van der Waals surface area contributed by atoms with Crippen LogP contribution in [-0.2, 0) is 9.59 Å². The first-order valence-electron chi connectivity index (χ1n) is 9.66. The summed E-state index contributed by atoms with van der Waals surface area (Å²) in [6, 6.07) is 9.84. The van der Waals surface area contributed by atoms with Gasteiger partial charge in [0.1, 0.15) is 0 Å². The molecule has 30 heavy (non-hydrogen) atoms. The topological polar surface area (TPSA) is 95.1 Å². The molecule has 8 heteroatoms. The Labute approximate surface area is 176 Å². The molecule has 0 spiro atoms. The lowest BCUT2D eigenvalue weighted by atomic mass is 10.1. The fraction of sp³-hybridized carbons (Fsp3) is 0.364. The maximum absolute atomic E-state index is 12.4. The number of anilines is 1. The number of hydrogen-bond donors (Lipinski definition) is 2. The van der Waals surface area contributed by atoms with Crippen molar-refractivity contribution in [1.29, 1.82) is 0 Å². The van der Waals surface area contributed by atoms with Gasteiger partial charge in [-0.25, -0.2) is 0 Å². The van der Waals surface area contributed by atoms with E-state index >= 15 is 0 Å². The molecule has 1 atom stereocenters. The molecule has 0 aromatic heterocycles. The third-order valence-electron chi connectivity index (χ3n) is 4.26. The Morgan fingerprint density at radius 2 is 1.47 bits per heavy atom. The molecule has 2 N–H and O–H groups in total. The van der Waals surface area contributed by atoms with Gasteiger partial charge in [0.15, 0.2) is 23.0 Å². The molecular weight excluding hydrogens is 388 g/mol. The molecule has 0 aliphatic rings. The second-order valence-electron chi connectivity index (χ2n) is 6.29. The molecule has 0 aliphatic carbocycles. The Morgan fingerprint density at radius 1 is 0.833 bits per heavy atom. The zero-order chi connectivity index (χ0) is 22.1. The number of carbonyl (C=O) groups excluding carboxylic acids is 2. The van der Waals surface area contributed by atoms with Gasteiger partial charge in [-0.2, -0.15) is 0 Å². The maximum Gasteiger partial charge on any atom is 0.313 e. The normalized spacial score (nSPS) is 11.2. The first kappa shape index (κ1) is 22.9. The van der Waals surface area contributed by atoms with Gasteiger partial charge in [-0.1, -0.05) is 6.07 Å². The lowest BCUT2D eigenvalue weighted by molar-refractivity contribution is -0.136. The summed E-state index contributed by atoms with van der Waals surface area (Å²) in [4.78, 5) is 24.7. The summed E-state index contributed by atoms with van der Waals surface area (Å²) >= 11 is 0. The number of amides is 2. The number of ether oxygens (including phenoxy) is 4. The molecule has 0 aliphatic heterocycles. The van der Waals surface area contributed by atoms with Crippen molar-refractivity contribution in [2.45, 2.75) is 26.8 Å². The van der Waals surface area contributed by atoms with Crippen LogP contribution in [0.2, 0.25) is 0 Å². The van der Waals surface area contributed by atoms with E-state index in [1.165, 1.54) is 7.11 Å². The zero-order valence-electron chi connectivity index (χ0n) is 17.9. The maximum atomic E-state index is 12.4. The molecule has 0 saturated carbocycles. The molecule has 1 unspecified atom stereocenters. The highest BCUT2D eigenvalue weighted by Crippen LogP contribution is 2.31. The summed E-state index contributed by atoms with van der Waals surface area (Å²) in [5, 5.41) is 5.25. The van der Waals surface area contributed by atoms with Gasteiger partial charge in [-0.3, -0.25) is 9.59 Å². The largest absolute Gasteiger partial charge is 0.493 e. The minimum absolute atomic E-state index is 0.414. The van der Waals surface area contributed by atoms with Crippen molar-refractivity contribution in [2.75, 3.05) is 32.8 Å². The summed E-state index contributed by atoms with van der Waals surface area (Å²) in [6.07, 6.45) is 0. The Bertz CT molecular complexity index is 884. The lowest BCUT2D eigenvalue weighted by Crippen LogP contribution is -2.36. The Balaban J connectivity index is 2.05. The van der Waals surface area contributed by atoms with Gasteiger partial charge in [0.05, 0.1) is 33.5 Å². The number of methoxy groups -OCH3 is 2. The van der Waals surface area contributed by atoms with E-state index in [-0.39, 0.29) is 0 Å². The minimum Gasteiger partial charge on any atom is -0.493 e. The van der Waals surface area contributed by atoms with Crippen molar-refractivity contribution in [3.05, 3.63) is 42.0 Å². The van der Waals surface area contributed by atoms with Crippen LogP contribution in [0.4, 0.5) is 5.69 Å². The third kappa shape index (κ3) is 5.79. The van der Waals surface area contributed by atoms with Gasteiger partial charge in [0, 0.05) is 11.8 Å². The van der Waals surface area contributed by atoms with Crippen molar-refractivity contribution in [3.63, 3.8) is 0 Å². The second kappa shape index (κ2) is 10.9. The van der Waals surface area contributed by atoms with Gasteiger partial charge >= 0.3 is 11.8 Å².